The van der Waals surface area contributed by atoms with Gasteiger partial charge in [-0.1, -0.05) is 0 Å². The second-order valence-electron chi connectivity index (χ2n) is 2.53. The molecule has 0 unspecified atom stereocenters. The molecule has 14 heavy (non-hydrogen) atoms. The van der Waals surface area contributed by atoms with Crippen molar-refractivity contribution in [2.45, 2.75) is 19.3 Å². The minimum absolute atomic E-state index is 0.110. The van der Waals surface area contributed by atoms with Crippen LogP contribution in [0.15, 0.2) is 10.6 Å². The molecule has 0 aliphatic rings. The third-order valence-corrected chi connectivity index (χ3v) is 1.29. The van der Waals surface area contributed by atoms with Crippen molar-refractivity contribution in [3.05, 3.63) is 17.8 Å². The highest BCUT2D eigenvalue weighted by Gasteiger charge is 2.27. The first-order chi connectivity index (χ1) is 6.51. The van der Waals surface area contributed by atoms with Gasteiger partial charge < -0.3 is 14.9 Å². The van der Waals surface area contributed by atoms with Gasteiger partial charge in [-0.05, 0) is 0 Å². The maximum Gasteiger partial charge on any atom is 0.411 e. The number of hydrogen-bond donors (Lipinski definition) is 1. The molecule has 80 valence electrons. The van der Waals surface area contributed by atoms with Crippen LogP contribution in [0.3, 0.4) is 0 Å². The maximum atomic E-state index is 11.6. The summed E-state index contributed by atoms with van der Waals surface area (Å²) in [6.07, 6.45) is -3.03. The van der Waals surface area contributed by atoms with Crippen LogP contribution in [0.4, 0.5) is 13.2 Å². The van der Waals surface area contributed by atoms with Gasteiger partial charge in [0.1, 0.15) is 19.0 Å². The zero-order valence-electron chi connectivity index (χ0n) is 7.17. The van der Waals surface area contributed by atoms with Crippen molar-refractivity contribution in [1.82, 2.24) is 4.98 Å². The summed E-state index contributed by atoms with van der Waals surface area (Å²) in [7, 11) is 0. The van der Waals surface area contributed by atoms with Crippen LogP contribution in [-0.4, -0.2) is 17.8 Å². The Morgan fingerprint density at radius 1 is 1.50 bits per heavy atom. The number of hydrogen-bond acceptors (Lipinski definition) is 4. The van der Waals surface area contributed by atoms with Crippen LogP contribution in [0.2, 0.25) is 0 Å². The number of oxazole rings is 1. The number of nitrogens with two attached hydrogens (primary N) is 1. The lowest BCUT2D eigenvalue weighted by Crippen LogP contribution is -2.16. The summed E-state index contributed by atoms with van der Waals surface area (Å²) in [5.74, 6) is 0.505. The van der Waals surface area contributed by atoms with Gasteiger partial charge in [0.05, 0.1) is 12.7 Å². The fourth-order valence-electron chi connectivity index (χ4n) is 0.776. The molecule has 1 heterocycles. The van der Waals surface area contributed by atoms with E-state index in [1.807, 2.05) is 0 Å². The first kappa shape index (κ1) is 11.0. The monoisotopic (exact) mass is 210 g/mol. The summed E-state index contributed by atoms with van der Waals surface area (Å²) in [6, 6.07) is 0. The minimum Gasteiger partial charge on any atom is -0.442 e. The van der Waals surface area contributed by atoms with Gasteiger partial charge in [0.25, 0.3) is 0 Å². The molecule has 1 rings (SSSR count). The van der Waals surface area contributed by atoms with Gasteiger partial charge in [-0.2, -0.15) is 13.2 Å². The lowest BCUT2D eigenvalue weighted by atomic mass is 10.5. The van der Waals surface area contributed by atoms with Gasteiger partial charge in [0.2, 0.25) is 5.89 Å². The predicted molar refractivity (Wildman–Crippen MR) is 40.1 cm³/mol. The molecule has 0 aromatic carbocycles. The second-order valence-corrected chi connectivity index (χ2v) is 2.53. The molecule has 0 amide bonds. The van der Waals surface area contributed by atoms with Crippen molar-refractivity contribution in [3.8, 4) is 0 Å². The number of nitrogens with zero attached hydrogens (tertiary/aromatic N) is 1. The summed E-state index contributed by atoms with van der Waals surface area (Å²) in [5.41, 5.74) is 5.18. The van der Waals surface area contributed by atoms with Crippen LogP contribution in [0, 0.1) is 0 Å². The van der Waals surface area contributed by atoms with Crippen molar-refractivity contribution in [2.24, 2.45) is 5.73 Å². The number of alkyl halides is 3. The third-order valence-electron chi connectivity index (χ3n) is 1.29. The van der Waals surface area contributed by atoms with Crippen LogP contribution in [-0.2, 0) is 17.9 Å². The Morgan fingerprint density at radius 3 is 2.71 bits per heavy atom. The van der Waals surface area contributed by atoms with E-state index in [9.17, 15) is 13.2 Å². The van der Waals surface area contributed by atoms with Crippen molar-refractivity contribution in [1.29, 1.82) is 0 Å². The van der Waals surface area contributed by atoms with Crippen LogP contribution in [0.25, 0.3) is 0 Å². The molecular weight excluding hydrogens is 201 g/mol. The number of aromatic nitrogens is 1. The van der Waals surface area contributed by atoms with E-state index < -0.39 is 12.8 Å². The zero-order chi connectivity index (χ0) is 10.6. The molecule has 0 bridgehead atoms. The van der Waals surface area contributed by atoms with Gasteiger partial charge in [-0.3, -0.25) is 0 Å². The summed E-state index contributed by atoms with van der Waals surface area (Å²) in [4.78, 5) is 3.70. The topological polar surface area (TPSA) is 61.3 Å². The molecule has 0 aliphatic heterocycles. The van der Waals surface area contributed by atoms with Gasteiger partial charge >= 0.3 is 6.18 Å². The zero-order valence-corrected chi connectivity index (χ0v) is 7.17. The molecule has 0 aliphatic carbocycles. The summed E-state index contributed by atoms with van der Waals surface area (Å²) in [5, 5.41) is 0. The molecule has 0 fully saturated rings. The summed E-state index contributed by atoms with van der Waals surface area (Å²) in [6.45, 7) is -1.45. The maximum absolute atomic E-state index is 11.6. The van der Waals surface area contributed by atoms with Crippen LogP contribution < -0.4 is 5.73 Å². The quantitative estimate of drug-likeness (QED) is 0.811. The number of halogens is 3. The third kappa shape index (κ3) is 3.75. The van der Waals surface area contributed by atoms with Gasteiger partial charge in [-0.25, -0.2) is 4.98 Å². The Bertz CT molecular complexity index is 285. The largest absolute Gasteiger partial charge is 0.442 e. The first-order valence-electron chi connectivity index (χ1n) is 3.79. The average molecular weight is 210 g/mol. The molecular formula is C7H9F3N2O2. The van der Waals surface area contributed by atoms with E-state index in [0.29, 0.717) is 0 Å². The molecule has 0 radical (unpaired) electrons. The normalized spacial score (nSPS) is 12.0. The molecule has 0 atom stereocenters. The Balaban J connectivity index is 2.31. The van der Waals surface area contributed by atoms with Crippen LogP contribution in [0.1, 0.15) is 11.7 Å². The van der Waals surface area contributed by atoms with Gasteiger partial charge in [-0.15, -0.1) is 0 Å². The SMILES string of the molecule is NCc1ncc(COCC(F)(F)F)o1. The first-order valence-corrected chi connectivity index (χ1v) is 3.79. The Hall–Kier alpha value is -1.08. The Morgan fingerprint density at radius 2 is 2.21 bits per heavy atom. The molecule has 2 N–H and O–H groups in total. The minimum atomic E-state index is -4.32. The number of rotatable bonds is 4. The second kappa shape index (κ2) is 4.43. The Kier molecular flexibility index (Phi) is 3.48. The highest BCUT2D eigenvalue weighted by molar-refractivity contribution is 4.91. The highest BCUT2D eigenvalue weighted by atomic mass is 19.4. The van der Waals surface area contributed by atoms with Crippen molar-refractivity contribution in [2.75, 3.05) is 6.61 Å². The molecule has 1 aromatic rings. The van der Waals surface area contributed by atoms with Crippen LogP contribution in [0.5, 0.6) is 0 Å². The molecule has 0 saturated heterocycles. The van der Waals surface area contributed by atoms with Crippen molar-refractivity contribution >= 4 is 0 Å². The predicted octanol–water partition coefficient (Wildman–Crippen LogP) is 1.21. The molecule has 4 nitrogen and oxygen atoms in total. The van der Waals surface area contributed by atoms with E-state index in [0.717, 1.165) is 0 Å². The Labute approximate surface area is 77.9 Å². The highest BCUT2D eigenvalue weighted by Crippen LogP contribution is 2.15. The molecule has 7 heteroatoms. The molecule has 1 aromatic heterocycles. The van der Waals surface area contributed by atoms with Gasteiger partial charge in [0, 0.05) is 0 Å². The average Bonchev–Trinajstić information content (AvgIpc) is 2.50. The summed E-state index contributed by atoms with van der Waals surface area (Å²) >= 11 is 0. The number of ether oxygens (including phenoxy) is 1. The lowest BCUT2D eigenvalue weighted by molar-refractivity contribution is -0.177. The van der Waals surface area contributed by atoms with Crippen molar-refractivity contribution < 1.29 is 22.3 Å². The van der Waals surface area contributed by atoms with Crippen molar-refractivity contribution in [3.63, 3.8) is 0 Å². The van der Waals surface area contributed by atoms with E-state index in [2.05, 4.69) is 9.72 Å². The molecule has 0 spiro atoms. The smallest absolute Gasteiger partial charge is 0.411 e. The molecule has 0 saturated carbocycles. The lowest BCUT2D eigenvalue weighted by Gasteiger charge is -2.05. The van der Waals surface area contributed by atoms with E-state index in [-0.39, 0.29) is 24.8 Å². The fraction of sp³-hybridized carbons (Fsp3) is 0.571. The van der Waals surface area contributed by atoms with E-state index >= 15 is 0 Å². The standard InChI is InChI=1S/C7H9F3N2O2/c8-7(9,10)4-13-3-5-2-12-6(1-11)14-5/h2H,1,3-4,11H2. The van der Waals surface area contributed by atoms with Crippen LogP contribution >= 0.6 is 0 Å². The van der Waals surface area contributed by atoms with E-state index in [1.165, 1.54) is 6.20 Å². The fourth-order valence-corrected chi connectivity index (χ4v) is 0.776. The van der Waals surface area contributed by atoms with E-state index in [1.54, 1.807) is 0 Å². The summed E-state index contributed by atoms with van der Waals surface area (Å²) < 4.78 is 44.2. The van der Waals surface area contributed by atoms with Gasteiger partial charge in [0.15, 0.2) is 0 Å². The van der Waals surface area contributed by atoms with E-state index in [4.69, 9.17) is 10.2 Å².